The summed E-state index contributed by atoms with van der Waals surface area (Å²) in [6.07, 6.45) is 4.15. The van der Waals surface area contributed by atoms with Crippen LogP contribution in [0.4, 0.5) is 0 Å². The molecule has 2 aliphatic heterocycles. The van der Waals surface area contributed by atoms with Crippen LogP contribution in [0.1, 0.15) is 12.8 Å². The molecule has 0 bridgehead atoms. The number of nitrogens with zero attached hydrogens (tertiary/aromatic N) is 2. The first-order chi connectivity index (χ1) is 9.61. The van der Waals surface area contributed by atoms with E-state index in [9.17, 15) is 0 Å². The summed E-state index contributed by atoms with van der Waals surface area (Å²) in [5, 5.41) is 42.5. The van der Waals surface area contributed by atoms with E-state index in [4.69, 9.17) is 20.4 Å². The number of hydrogen-bond acceptors (Lipinski definition) is 4. The Morgan fingerprint density at radius 1 is 0.852 bits per heavy atom. The fourth-order valence-electron chi connectivity index (χ4n) is 2.47. The van der Waals surface area contributed by atoms with Crippen LogP contribution < -0.4 is 0 Å². The van der Waals surface area contributed by atoms with Crippen LogP contribution in [-0.4, -0.2) is 70.0 Å². The monoisotopic (exact) mass is 522 g/mol. The van der Waals surface area contributed by atoms with Gasteiger partial charge < -0.3 is 53.6 Å². The molecule has 2 fully saturated rings. The molecule has 0 aromatic carbocycles. The van der Waals surface area contributed by atoms with Crippen LogP contribution in [0.25, 0.3) is 16.8 Å². The van der Waals surface area contributed by atoms with Crippen LogP contribution in [0.3, 0.4) is 0 Å². The summed E-state index contributed by atoms with van der Waals surface area (Å²) in [5.41, 5.74) is 1.49. The van der Waals surface area contributed by atoms with Gasteiger partial charge >= 0.3 is 17.1 Å². The summed E-state index contributed by atoms with van der Waals surface area (Å²) in [7, 11) is 0. The predicted molar refractivity (Wildman–Crippen MR) is 93.9 cm³/mol. The van der Waals surface area contributed by atoms with Crippen molar-refractivity contribution in [3.63, 3.8) is 0 Å². The van der Waals surface area contributed by atoms with Gasteiger partial charge in [-0.1, -0.05) is 30.6 Å². The molecule has 13 heteroatoms. The van der Waals surface area contributed by atoms with E-state index < -0.39 is 24.4 Å². The van der Waals surface area contributed by atoms with E-state index in [1.165, 1.54) is 18.4 Å². The Labute approximate surface area is 191 Å². The SMILES string of the molecule is C1=CC(C2CC[N-]CC2)=CC[N-]1.O.OC1C(O)C(O)C1O.[Fe+2].[Fe].[Fe].[NH2-].[OH3+].[OH3+]. The zero-order valence-corrected chi connectivity index (χ0v) is 17.9. The molecule has 1 saturated carbocycles. The van der Waals surface area contributed by atoms with E-state index in [1.807, 2.05) is 6.20 Å². The third kappa shape index (κ3) is 11.9. The minimum absolute atomic E-state index is 0. The zero-order valence-electron chi connectivity index (χ0n) is 14.6. The molecule has 0 unspecified atom stereocenters. The first-order valence-electron chi connectivity index (χ1n) is 7.00. The van der Waals surface area contributed by atoms with Crippen LogP contribution in [-0.2, 0) is 62.2 Å². The van der Waals surface area contributed by atoms with Crippen molar-refractivity contribution in [1.29, 1.82) is 0 Å². The molecular formula is C14H32Fe3N3O7+. The molecule has 0 spiro atoms. The molecular weight excluding hydrogens is 490 g/mol. The molecule has 3 aliphatic rings. The number of aliphatic hydroxyl groups excluding tert-OH is 4. The number of piperidine rings is 1. The number of hydrogen-bond donors (Lipinski definition) is 4. The van der Waals surface area contributed by atoms with Crippen molar-refractivity contribution < 1.29 is 88.1 Å². The quantitative estimate of drug-likeness (QED) is 0.228. The maximum Gasteiger partial charge on any atom is 2.00 e. The van der Waals surface area contributed by atoms with Crippen molar-refractivity contribution >= 4 is 0 Å². The summed E-state index contributed by atoms with van der Waals surface area (Å²) >= 11 is 0. The van der Waals surface area contributed by atoms with E-state index in [2.05, 4.69) is 22.8 Å². The first-order valence-corrected chi connectivity index (χ1v) is 7.00. The molecule has 0 amide bonds. The molecule has 1 aliphatic carbocycles. The Hall–Kier alpha value is 0.478. The van der Waals surface area contributed by atoms with Crippen molar-refractivity contribution in [2.45, 2.75) is 37.3 Å². The van der Waals surface area contributed by atoms with Crippen LogP contribution in [0.2, 0.25) is 0 Å². The molecule has 2 heterocycles. The maximum absolute atomic E-state index is 8.50. The Balaban J connectivity index is -0.0000000676. The van der Waals surface area contributed by atoms with Crippen LogP contribution in [0.5, 0.6) is 0 Å². The Morgan fingerprint density at radius 2 is 1.26 bits per heavy atom. The zero-order chi connectivity index (χ0) is 14.5. The van der Waals surface area contributed by atoms with E-state index >= 15 is 0 Å². The van der Waals surface area contributed by atoms with Gasteiger partial charge in [-0.25, -0.2) is 0 Å². The normalized spacial score (nSPS) is 27.5. The van der Waals surface area contributed by atoms with Gasteiger partial charge in [-0.3, -0.25) is 0 Å². The van der Waals surface area contributed by atoms with Gasteiger partial charge in [0.2, 0.25) is 0 Å². The summed E-state index contributed by atoms with van der Waals surface area (Å²) in [6.45, 7) is 2.97. The molecule has 3 rings (SSSR count). The third-order valence-corrected chi connectivity index (χ3v) is 3.95. The fraction of sp³-hybridized carbons (Fsp3) is 0.714. The first kappa shape index (κ1) is 41.8. The minimum atomic E-state index is -1.16. The number of aliphatic hydroxyl groups is 4. The van der Waals surface area contributed by atoms with Gasteiger partial charge in [-0.05, 0) is 5.92 Å². The standard InChI is InChI=1S/C10H14N2.C4H8O4.3Fe.H2N.3H2O/c1-5-11-6-2-9(1)10-3-7-12-8-4-10;5-1-2(6)4(8)3(1)7;;;;;;;/h1-2,5,10H,3-4,6-8H2;1-8H;;;;4*1H2/q-2;;;;+2;-1;;;/p+2. The van der Waals surface area contributed by atoms with Gasteiger partial charge in [0.15, 0.2) is 0 Å². The maximum atomic E-state index is 8.50. The topological polar surface area (TPSA) is 240 Å². The van der Waals surface area contributed by atoms with Crippen molar-refractivity contribution in [2.75, 3.05) is 19.6 Å². The van der Waals surface area contributed by atoms with Crippen molar-refractivity contribution in [3.8, 4) is 0 Å². The van der Waals surface area contributed by atoms with E-state index in [0.717, 1.165) is 25.6 Å². The summed E-state index contributed by atoms with van der Waals surface area (Å²) in [6, 6.07) is 0. The van der Waals surface area contributed by atoms with Gasteiger partial charge in [0, 0.05) is 34.1 Å². The van der Waals surface area contributed by atoms with Crippen molar-refractivity contribution in [3.05, 3.63) is 40.7 Å². The number of nitrogens with two attached hydrogens (primary N) is 1. The molecule has 0 aromatic rings. The van der Waals surface area contributed by atoms with Crippen LogP contribution in [0.15, 0.2) is 23.9 Å². The molecule has 0 radical (unpaired) electrons. The van der Waals surface area contributed by atoms with E-state index in [-0.39, 0.29) is 73.8 Å². The van der Waals surface area contributed by atoms with Gasteiger partial charge in [0.05, 0.1) is 0 Å². The largest absolute Gasteiger partial charge is 2.00 e. The molecule has 14 N–H and O–H groups in total. The number of rotatable bonds is 1. The summed E-state index contributed by atoms with van der Waals surface area (Å²) < 4.78 is 0. The Bertz CT molecular complexity index is 357. The van der Waals surface area contributed by atoms with Crippen molar-refractivity contribution in [1.82, 2.24) is 0 Å². The second-order valence-electron chi connectivity index (χ2n) is 5.29. The average molecular weight is 522 g/mol. The predicted octanol–water partition coefficient (Wildman–Crippen LogP) is -1.92. The van der Waals surface area contributed by atoms with Gasteiger partial charge in [-0.2, -0.15) is 6.20 Å². The Kier molecular flexibility index (Phi) is 32.8. The van der Waals surface area contributed by atoms with E-state index in [0.29, 0.717) is 0 Å². The van der Waals surface area contributed by atoms with Crippen molar-refractivity contribution in [2.24, 2.45) is 5.92 Å². The molecule has 27 heavy (non-hydrogen) atoms. The van der Waals surface area contributed by atoms with Gasteiger partial charge in [0.1, 0.15) is 24.4 Å². The molecule has 10 nitrogen and oxygen atoms in total. The van der Waals surface area contributed by atoms with Crippen LogP contribution in [0, 0.1) is 5.92 Å². The summed E-state index contributed by atoms with van der Waals surface area (Å²) in [5.74, 6) is 0.759. The second kappa shape index (κ2) is 21.2. The average Bonchev–Trinajstić information content (AvgIpc) is 2.55. The smallest absolute Gasteiger partial charge is 0.693 e. The molecule has 0 atom stereocenters. The van der Waals surface area contributed by atoms with Crippen LogP contribution >= 0.6 is 0 Å². The molecule has 1 saturated heterocycles. The molecule has 0 aromatic heterocycles. The third-order valence-electron chi connectivity index (χ3n) is 3.95. The minimum Gasteiger partial charge on any atom is -0.693 e. The number of allylic oxidation sites excluding steroid dienone is 2. The Morgan fingerprint density at radius 3 is 1.59 bits per heavy atom. The van der Waals surface area contributed by atoms with Gasteiger partial charge in [-0.15, -0.1) is 19.6 Å². The second-order valence-corrected chi connectivity index (χ2v) is 5.29. The molecule has 168 valence electrons. The summed E-state index contributed by atoms with van der Waals surface area (Å²) in [4.78, 5) is 0. The van der Waals surface area contributed by atoms with Gasteiger partial charge in [0.25, 0.3) is 0 Å². The van der Waals surface area contributed by atoms with E-state index in [1.54, 1.807) is 0 Å². The fourth-order valence-corrected chi connectivity index (χ4v) is 2.47.